The summed E-state index contributed by atoms with van der Waals surface area (Å²) in [7, 11) is 0. The highest BCUT2D eigenvalue weighted by Gasteiger charge is 2.31. The molecule has 2 aromatic rings. The SMILES string of the molecule is CC1CCCCN(C(=O)C(CCC(=O)O)NC(=O)OCC2c3ccccc3-c3ccccc32)C1. The summed E-state index contributed by atoms with van der Waals surface area (Å²) in [6.45, 7) is 3.49. The Morgan fingerprint density at radius 2 is 1.71 bits per heavy atom. The first-order chi connectivity index (χ1) is 16.4. The monoisotopic (exact) mass is 464 g/mol. The van der Waals surface area contributed by atoms with Gasteiger partial charge in [0.2, 0.25) is 5.91 Å². The molecule has 2 unspecified atom stereocenters. The summed E-state index contributed by atoms with van der Waals surface area (Å²) >= 11 is 0. The van der Waals surface area contributed by atoms with Crippen molar-refractivity contribution in [2.24, 2.45) is 5.92 Å². The van der Waals surface area contributed by atoms with Gasteiger partial charge in [0, 0.05) is 25.4 Å². The summed E-state index contributed by atoms with van der Waals surface area (Å²) in [5, 5.41) is 11.8. The van der Waals surface area contributed by atoms with Gasteiger partial charge in [-0.1, -0.05) is 61.9 Å². The van der Waals surface area contributed by atoms with Crippen LogP contribution >= 0.6 is 0 Å². The number of nitrogens with one attached hydrogen (secondary N) is 1. The Kier molecular flexibility index (Phi) is 7.50. The highest BCUT2D eigenvalue weighted by atomic mass is 16.5. The highest BCUT2D eigenvalue weighted by molar-refractivity contribution is 5.86. The lowest BCUT2D eigenvalue weighted by Gasteiger charge is -2.28. The minimum atomic E-state index is -1.00. The normalized spacial score (nSPS) is 18.4. The van der Waals surface area contributed by atoms with Crippen molar-refractivity contribution in [1.82, 2.24) is 10.2 Å². The molecule has 34 heavy (non-hydrogen) atoms. The summed E-state index contributed by atoms with van der Waals surface area (Å²) in [6.07, 6.45) is 2.15. The molecule has 0 spiro atoms. The lowest BCUT2D eigenvalue weighted by Crippen LogP contribution is -2.50. The van der Waals surface area contributed by atoms with Gasteiger partial charge in [-0.3, -0.25) is 9.59 Å². The number of fused-ring (bicyclic) bond motifs is 3. The van der Waals surface area contributed by atoms with Gasteiger partial charge in [0.25, 0.3) is 0 Å². The number of rotatable bonds is 7. The van der Waals surface area contributed by atoms with Crippen molar-refractivity contribution in [3.8, 4) is 11.1 Å². The van der Waals surface area contributed by atoms with Gasteiger partial charge in [-0.25, -0.2) is 4.79 Å². The minimum absolute atomic E-state index is 0.0310. The number of hydrogen-bond donors (Lipinski definition) is 2. The van der Waals surface area contributed by atoms with Gasteiger partial charge in [-0.15, -0.1) is 0 Å². The van der Waals surface area contributed by atoms with Crippen molar-refractivity contribution < 1.29 is 24.2 Å². The number of carboxylic acid groups (broad SMARTS) is 1. The van der Waals surface area contributed by atoms with Crippen molar-refractivity contribution in [2.45, 2.75) is 51.0 Å². The number of aliphatic carboxylic acids is 1. The molecule has 2 atom stereocenters. The summed E-state index contributed by atoms with van der Waals surface area (Å²) in [5.74, 6) is -0.946. The van der Waals surface area contributed by atoms with E-state index in [1.54, 1.807) is 4.90 Å². The van der Waals surface area contributed by atoms with Gasteiger partial charge in [0.05, 0.1) is 0 Å². The van der Waals surface area contributed by atoms with E-state index in [2.05, 4.69) is 24.4 Å². The fourth-order valence-electron chi connectivity index (χ4n) is 5.08. The van der Waals surface area contributed by atoms with Crippen molar-refractivity contribution in [2.75, 3.05) is 19.7 Å². The number of carboxylic acids is 1. The van der Waals surface area contributed by atoms with E-state index in [9.17, 15) is 14.4 Å². The van der Waals surface area contributed by atoms with Crippen LogP contribution in [0.15, 0.2) is 48.5 Å². The van der Waals surface area contributed by atoms with Crippen LogP contribution in [-0.2, 0) is 14.3 Å². The number of nitrogens with zero attached hydrogens (tertiary/aromatic N) is 1. The zero-order valence-corrected chi connectivity index (χ0v) is 19.5. The number of amides is 2. The molecular formula is C27H32N2O5. The molecule has 1 aliphatic carbocycles. The summed E-state index contributed by atoms with van der Waals surface area (Å²) in [5.41, 5.74) is 4.48. The molecule has 0 bridgehead atoms. The van der Waals surface area contributed by atoms with E-state index in [1.807, 2.05) is 36.4 Å². The van der Waals surface area contributed by atoms with Crippen molar-refractivity contribution in [3.63, 3.8) is 0 Å². The van der Waals surface area contributed by atoms with Crippen molar-refractivity contribution in [1.29, 1.82) is 0 Å². The lowest BCUT2D eigenvalue weighted by atomic mass is 9.98. The molecule has 4 rings (SSSR count). The molecule has 1 saturated heterocycles. The largest absolute Gasteiger partial charge is 0.481 e. The average Bonchev–Trinajstić information content (AvgIpc) is 2.98. The molecule has 180 valence electrons. The number of carbonyl (C=O) groups is 3. The van der Waals surface area contributed by atoms with Crippen LogP contribution in [0.25, 0.3) is 11.1 Å². The Morgan fingerprint density at radius 3 is 2.35 bits per heavy atom. The third-order valence-corrected chi connectivity index (χ3v) is 6.80. The van der Waals surface area contributed by atoms with Gasteiger partial charge in [0.1, 0.15) is 12.6 Å². The predicted octanol–water partition coefficient (Wildman–Crippen LogP) is 4.41. The second kappa shape index (κ2) is 10.7. The average molecular weight is 465 g/mol. The van der Waals surface area contributed by atoms with E-state index in [0.717, 1.165) is 41.5 Å². The zero-order chi connectivity index (χ0) is 24.1. The topological polar surface area (TPSA) is 95.9 Å². The Morgan fingerprint density at radius 1 is 1.06 bits per heavy atom. The number of likely N-dealkylation sites (tertiary alicyclic amines) is 1. The number of hydrogen-bond acceptors (Lipinski definition) is 4. The van der Waals surface area contributed by atoms with Gasteiger partial charge in [0.15, 0.2) is 0 Å². The van der Waals surface area contributed by atoms with Gasteiger partial charge >= 0.3 is 12.1 Å². The van der Waals surface area contributed by atoms with Crippen LogP contribution in [0.1, 0.15) is 56.1 Å². The van der Waals surface area contributed by atoms with Crippen molar-refractivity contribution >= 4 is 18.0 Å². The van der Waals surface area contributed by atoms with E-state index in [0.29, 0.717) is 19.0 Å². The fourth-order valence-corrected chi connectivity index (χ4v) is 5.08. The van der Waals surface area contributed by atoms with Crippen LogP contribution in [0.5, 0.6) is 0 Å². The third kappa shape index (κ3) is 5.41. The maximum atomic E-state index is 13.2. The Labute approximate surface area is 200 Å². The molecule has 1 fully saturated rings. The Bertz CT molecular complexity index is 1010. The quantitative estimate of drug-likeness (QED) is 0.633. The first-order valence-corrected chi connectivity index (χ1v) is 12.1. The molecule has 2 amide bonds. The first kappa shape index (κ1) is 23.8. The summed E-state index contributed by atoms with van der Waals surface area (Å²) in [4.78, 5) is 38.9. The minimum Gasteiger partial charge on any atom is -0.481 e. The Hall–Kier alpha value is -3.35. The lowest BCUT2D eigenvalue weighted by molar-refractivity contribution is -0.138. The van der Waals surface area contributed by atoms with Crippen LogP contribution in [0, 0.1) is 5.92 Å². The van der Waals surface area contributed by atoms with E-state index >= 15 is 0 Å². The van der Waals surface area contributed by atoms with E-state index in [4.69, 9.17) is 9.84 Å². The summed E-state index contributed by atoms with van der Waals surface area (Å²) < 4.78 is 5.59. The number of alkyl carbamates (subject to hydrolysis) is 1. The molecule has 0 aromatic heterocycles. The van der Waals surface area contributed by atoms with E-state index in [-0.39, 0.29) is 31.3 Å². The second-order valence-electron chi connectivity index (χ2n) is 9.34. The zero-order valence-electron chi connectivity index (χ0n) is 19.5. The molecule has 0 radical (unpaired) electrons. The molecule has 0 saturated carbocycles. The Balaban J connectivity index is 1.43. The van der Waals surface area contributed by atoms with Crippen LogP contribution in [-0.4, -0.2) is 53.7 Å². The second-order valence-corrected chi connectivity index (χ2v) is 9.34. The van der Waals surface area contributed by atoms with E-state index in [1.165, 1.54) is 0 Å². The fraction of sp³-hybridized carbons (Fsp3) is 0.444. The molecule has 2 aromatic carbocycles. The van der Waals surface area contributed by atoms with Crippen LogP contribution in [0.3, 0.4) is 0 Å². The van der Waals surface area contributed by atoms with Crippen LogP contribution < -0.4 is 5.32 Å². The smallest absolute Gasteiger partial charge is 0.407 e. The van der Waals surface area contributed by atoms with Crippen molar-refractivity contribution in [3.05, 3.63) is 59.7 Å². The summed E-state index contributed by atoms with van der Waals surface area (Å²) in [6, 6.07) is 15.2. The number of carbonyl (C=O) groups excluding carboxylic acids is 2. The highest BCUT2D eigenvalue weighted by Crippen LogP contribution is 2.44. The molecule has 7 nitrogen and oxygen atoms in total. The predicted molar refractivity (Wildman–Crippen MR) is 128 cm³/mol. The molecule has 2 aliphatic rings. The van der Waals surface area contributed by atoms with E-state index < -0.39 is 18.1 Å². The van der Waals surface area contributed by atoms with Gasteiger partial charge < -0.3 is 20.1 Å². The number of benzene rings is 2. The van der Waals surface area contributed by atoms with Gasteiger partial charge in [-0.05, 0) is 47.4 Å². The third-order valence-electron chi connectivity index (χ3n) is 6.80. The molecule has 1 heterocycles. The first-order valence-electron chi connectivity index (χ1n) is 12.1. The van der Waals surface area contributed by atoms with Crippen LogP contribution in [0.4, 0.5) is 4.79 Å². The van der Waals surface area contributed by atoms with Gasteiger partial charge in [-0.2, -0.15) is 0 Å². The standard InChI is InChI=1S/C27H32N2O5/c1-18-8-6-7-15-29(16-18)26(32)24(13-14-25(30)31)28-27(33)34-17-23-21-11-4-2-9-19(21)20-10-3-5-12-22(20)23/h2-5,9-12,18,23-24H,6-8,13-17H2,1H3,(H,28,33)(H,30,31). The maximum Gasteiger partial charge on any atom is 0.407 e. The molecule has 2 N–H and O–H groups in total. The molecule has 7 heteroatoms. The molecule has 1 aliphatic heterocycles. The maximum absolute atomic E-state index is 13.2. The number of ether oxygens (including phenoxy) is 1. The molecular weight excluding hydrogens is 432 g/mol. The van der Waals surface area contributed by atoms with Crippen LogP contribution in [0.2, 0.25) is 0 Å².